The van der Waals surface area contributed by atoms with Gasteiger partial charge in [0.25, 0.3) is 5.56 Å². The highest BCUT2D eigenvalue weighted by Gasteiger charge is 2.20. The summed E-state index contributed by atoms with van der Waals surface area (Å²) in [4.78, 5) is 46.6. The van der Waals surface area contributed by atoms with Crippen LogP contribution in [-0.4, -0.2) is 49.6 Å². The van der Waals surface area contributed by atoms with Crippen LogP contribution in [0.5, 0.6) is 0 Å². The molecule has 2 aromatic heterocycles. The second-order valence-corrected chi connectivity index (χ2v) is 8.19. The van der Waals surface area contributed by atoms with Gasteiger partial charge in [-0.25, -0.2) is 14.3 Å². The third kappa shape index (κ3) is 3.87. The summed E-state index contributed by atoms with van der Waals surface area (Å²) >= 11 is 0. The molecule has 0 radical (unpaired) electrons. The quantitative estimate of drug-likeness (QED) is 0.612. The summed E-state index contributed by atoms with van der Waals surface area (Å²) in [5.74, 6) is -0.297. The van der Waals surface area contributed by atoms with Crippen molar-refractivity contribution in [2.75, 3.05) is 25.0 Å². The zero-order valence-electron chi connectivity index (χ0n) is 18.2. The lowest BCUT2D eigenvalue weighted by Gasteiger charge is -2.31. The Morgan fingerprint density at radius 3 is 2.55 bits per heavy atom. The molecule has 3 heterocycles. The van der Waals surface area contributed by atoms with E-state index in [1.807, 2.05) is 18.2 Å². The molecular weight excluding hydrogens is 396 g/mol. The molecule has 1 aliphatic rings. The number of imidazole rings is 1. The van der Waals surface area contributed by atoms with Gasteiger partial charge in [0.2, 0.25) is 5.91 Å². The third-order valence-electron chi connectivity index (χ3n) is 6.02. The van der Waals surface area contributed by atoms with Crippen molar-refractivity contribution >= 4 is 22.8 Å². The first-order valence-electron chi connectivity index (χ1n) is 10.6. The van der Waals surface area contributed by atoms with E-state index in [1.165, 1.54) is 30.2 Å². The van der Waals surface area contributed by atoms with Gasteiger partial charge in [0.15, 0.2) is 11.2 Å². The van der Waals surface area contributed by atoms with Crippen LogP contribution in [0.2, 0.25) is 0 Å². The van der Waals surface area contributed by atoms with Gasteiger partial charge >= 0.3 is 5.69 Å². The number of aryl methyl sites for hydroxylation is 2. The lowest BCUT2D eigenvalue weighted by atomic mass is 10.1. The molecule has 3 aromatic rings. The highest BCUT2D eigenvalue weighted by molar-refractivity contribution is 5.77. The molecule has 0 atom stereocenters. The molecule has 0 bridgehead atoms. The van der Waals surface area contributed by atoms with Gasteiger partial charge in [-0.1, -0.05) is 18.2 Å². The highest BCUT2D eigenvalue weighted by Crippen LogP contribution is 2.25. The van der Waals surface area contributed by atoms with Crippen LogP contribution in [-0.2, 0) is 32.0 Å². The Balaban J connectivity index is 1.58. The van der Waals surface area contributed by atoms with Crippen molar-refractivity contribution in [2.45, 2.75) is 32.4 Å². The van der Waals surface area contributed by atoms with Crippen molar-refractivity contribution in [3.05, 3.63) is 57.0 Å². The van der Waals surface area contributed by atoms with Gasteiger partial charge in [-0.15, -0.1) is 0 Å². The zero-order valence-corrected chi connectivity index (χ0v) is 18.2. The number of hydrogen-bond acceptors (Lipinski definition) is 5. The summed E-state index contributed by atoms with van der Waals surface area (Å²) in [6.07, 6.45) is 5.08. The average molecular weight is 425 g/mol. The average Bonchev–Trinajstić information content (AvgIpc) is 3.17. The van der Waals surface area contributed by atoms with Gasteiger partial charge in [0.1, 0.15) is 6.54 Å². The van der Waals surface area contributed by atoms with E-state index in [4.69, 9.17) is 0 Å². The number of fused-ring (bicyclic) bond motifs is 1. The Hall–Kier alpha value is -3.36. The van der Waals surface area contributed by atoms with E-state index in [0.717, 1.165) is 28.9 Å². The number of nitrogens with zero attached hydrogens (tertiary/aromatic N) is 6. The minimum atomic E-state index is -0.549. The molecule has 31 heavy (non-hydrogen) atoms. The Kier molecular flexibility index (Phi) is 5.67. The maximum atomic E-state index is 13.0. The van der Waals surface area contributed by atoms with Gasteiger partial charge < -0.3 is 14.4 Å². The molecule has 1 aliphatic heterocycles. The smallest absolute Gasteiger partial charge is 0.332 e. The molecule has 1 amide bonds. The Morgan fingerprint density at radius 1 is 1.10 bits per heavy atom. The Bertz CT molecular complexity index is 1230. The van der Waals surface area contributed by atoms with E-state index in [1.54, 1.807) is 30.6 Å². The maximum Gasteiger partial charge on any atom is 0.332 e. The predicted molar refractivity (Wildman–Crippen MR) is 119 cm³/mol. The van der Waals surface area contributed by atoms with Crippen LogP contribution < -0.4 is 16.1 Å². The molecule has 0 N–H and O–H groups in total. The van der Waals surface area contributed by atoms with Crippen molar-refractivity contribution in [1.82, 2.24) is 23.6 Å². The molecule has 1 saturated heterocycles. The van der Waals surface area contributed by atoms with Crippen molar-refractivity contribution < 1.29 is 4.79 Å². The van der Waals surface area contributed by atoms with Crippen LogP contribution >= 0.6 is 0 Å². The number of aromatic nitrogens is 4. The van der Waals surface area contributed by atoms with Crippen molar-refractivity contribution in [2.24, 2.45) is 14.1 Å². The van der Waals surface area contributed by atoms with Gasteiger partial charge in [-0.3, -0.25) is 14.2 Å². The molecule has 1 aromatic carbocycles. The number of rotatable bonds is 5. The number of amides is 1. The van der Waals surface area contributed by atoms with E-state index < -0.39 is 11.2 Å². The lowest BCUT2D eigenvalue weighted by Crippen LogP contribution is -2.44. The highest BCUT2D eigenvalue weighted by atomic mass is 16.2. The van der Waals surface area contributed by atoms with Gasteiger partial charge in [0.05, 0.1) is 6.33 Å². The summed E-state index contributed by atoms with van der Waals surface area (Å²) in [7, 11) is 4.95. The number of carbonyl (C=O) groups excluding carboxylic acids is 1. The summed E-state index contributed by atoms with van der Waals surface area (Å²) in [6, 6.07) is 8.11. The first-order chi connectivity index (χ1) is 14.9. The first kappa shape index (κ1) is 20.9. The number of likely N-dealkylation sites (N-methyl/N-ethyl adjacent to an activating group) is 1. The SMILES string of the molecule is CN(Cc1ccccc1N1CCCCC1)C(=O)Cn1c(=O)c2c(ncn2C)n(C)c1=O. The van der Waals surface area contributed by atoms with Crippen molar-refractivity contribution in [3.63, 3.8) is 0 Å². The van der Waals surface area contributed by atoms with Crippen LogP contribution in [0.15, 0.2) is 40.2 Å². The Labute approximate surface area is 180 Å². The van der Waals surface area contributed by atoms with Crippen LogP contribution in [0.4, 0.5) is 5.69 Å². The normalized spacial score (nSPS) is 14.2. The molecule has 0 unspecified atom stereocenters. The molecule has 4 rings (SSSR count). The predicted octanol–water partition coefficient (Wildman–Crippen LogP) is 1.08. The maximum absolute atomic E-state index is 13.0. The summed E-state index contributed by atoms with van der Waals surface area (Å²) in [5, 5.41) is 0. The van der Waals surface area contributed by atoms with E-state index in [-0.39, 0.29) is 12.5 Å². The number of para-hydroxylation sites is 1. The molecule has 9 heteroatoms. The van der Waals surface area contributed by atoms with Gasteiger partial charge in [-0.05, 0) is 30.9 Å². The van der Waals surface area contributed by atoms with E-state index in [9.17, 15) is 14.4 Å². The monoisotopic (exact) mass is 424 g/mol. The largest absolute Gasteiger partial charge is 0.371 e. The summed E-state index contributed by atoms with van der Waals surface area (Å²) in [6.45, 7) is 2.14. The van der Waals surface area contributed by atoms with E-state index in [2.05, 4.69) is 16.0 Å². The van der Waals surface area contributed by atoms with Crippen molar-refractivity contribution in [1.29, 1.82) is 0 Å². The second kappa shape index (κ2) is 8.41. The number of piperidine rings is 1. The molecule has 9 nitrogen and oxygen atoms in total. The van der Waals surface area contributed by atoms with E-state index in [0.29, 0.717) is 17.7 Å². The number of benzene rings is 1. The minimum absolute atomic E-state index is 0.297. The van der Waals surface area contributed by atoms with Crippen LogP contribution in [0.1, 0.15) is 24.8 Å². The number of hydrogen-bond donors (Lipinski definition) is 0. The standard InChI is InChI=1S/C22H28N6O3/c1-24(13-16-9-5-6-10-17(16)27-11-7-4-8-12-27)18(29)14-28-21(30)19-20(23-15-25(19)2)26(3)22(28)31/h5-6,9-10,15H,4,7-8,11-14H2,1-3H3. The van der Waals surface area contributed by atoms with Gasteiger partial charge in [-0.2, -0.15) is 0 Å². The zero-order chi connectivity index (χ0) is 22.1. The second-order valence-electron chi connectivity index (χ2n) is 8.19. The fourth-order valence-electron chi connectivity index (χ4n) is 4.22. The van der Waals surface area contributed by atoms with Crippen molar-refractivity contribution in [3.8, 4) is 0 Å². The molecule has 1 fully saturated rings. The van der Waals surface area contributed by atoms with Crippen LogP contribution in [0, 0.1) is 0 Å². The van der Waals surface area contributed by atoms with Crippen LogP contribution in [0.25, 0.3) is 11.2 Å². The summed E-state index contributed by atoms with van der Waals surface area (Å²) in [5.41, 5.74) is 1.76. The molecular formula is C22H28N6O3. The fourth-order valence-corrected chi connectivity index (χ4v) is 4.22. The fraction of sp³-hybridized carbons (Fsp3) is 0.455. The Morgan fingerprint density at radius 2 is 1.81 bits per heavy atom. The molecule has 0 spiro atoms. The number of carbonyl (C=O) groups is 1. The third-order valence-corrected chi connectivity index (χ3v) is 6.02. The van der Waals surface area contributed by atoms with Gasteiger partial charge in [0, 0.05) is 46.5 Å². The van der Waals surface area contributed by atoms with Crippen LogP contribution in [0.3, 0.4) is 0 Å². The summed E-state index contributed by atoms with van der Waals surface area (Å²) < 4.78 is 3.85. The minimum Gasteiger partial charge on any atom is -0.371 e. The molecule has 164 valence electrons. The molecule has 0 saturated carbocycles. The first-order valence-corrected chi connectivity index (χ1v) is 10.6. The topological polar surface area (TPSA) is 85.4 Å². The molecule has 0 aliphatic carbocycles. The number of anilines is 1. The van der Waals surface area contributed by atoms with E-state index >= 15 is 0 Å². The lowest BCUT2D eigenvalue weighted by molar-refractivity contribution is -0.131.